The molecule has 2 atom stereocenters. The van der Waals surface area contributed by atoms with Crippen molar-refractivity contribution < 1.29 is 23.8 Å². The fourth-order valence-corrected chi connectivity index (χ4v) is 4.00. The number of carbonyl (C=O) groups is 2. The molecule has 166 valence electrons. The van der Waals surface area contributed by atoms with Gasteiger partial charge in [0.2, 0.25) is 5.91 Å². The summed E-state index contributed by atoms with van der Waals surface area (Å²) in [5.41, 5.74) is 1.47. The van der Waals surface area contributed by atoms with Crippen LogP contribution in [-0.4, -0.2) is 64.3 Å². The molecule has 2 aromatic carbocycles. The van der Waals surface area contributed by atoms with E-state index in [9.17, 15) is 9.59 Å². The number of rotatable bonds is 9. The number of nitrogens with zero attached hydrogens (tertiary/aromatic N) is 1. The zero-order chi connectivity index (χ0) is 22.2. The van der Waals surface area contributed by atoms with Crippen molar-refractivity contribution >= 4 is 11.8 Å². The van der Waals surface area contributed by atoms with Gasteiger partial charge < -0.3 is 24.4 Å². The van der Waals surface area contributed by atoms with E-state index in [0.29, 0.717) is 43.3 Å². The van der Waals surface area contributed by atoms with Crippen LogP contribution in [0.5, 0.6) is 11.5 Å². The Balaban J connectivity index is 1.88. The molecule has 0 aromatic heterocycles. The highest BCUT2D eigenvalue weighted by atomic mass is 16.5. The van der Waals surface area contributed by atoms with E-state index in [2.05, 4.69) is 5.32 Å². The summed E-state index contributed by atoms with van der Waals surface area (Å²) in [4.78, 5) is 27.9. The third-order valence-corrected chi connectivity index (χ3v) is 5.63. The van der Waals surface area contributed by atoms with Crippen LogP contribution in [-0.2, 0) is 9.53 Å². The Kier molecular flexibility index (Phi) is 7.89. The van der Waals surface area contributed by atoms with Crippen molar-refractivity contribution in [2.75, 3.05) is 47.6 Å². The molecule has 7 heteroatoms. The lowest BCUT2D eigenvalue weighted by atomic mass is 9.87. The quantitative estimate of drug-likeness (QED) is 0.624. The average Bonchev–Trinajstić information content (AvgIpc) is 3.26. The maximum atomic E-state index is 13.1. The van der Waals surface area contributed by atoms with E-state index in [0.717, 1.165) is 12.0 Å². The van der Waals surface area contributed by atoms with Gasteiger partial charge in [0.1, 0.15) is 11.5 Å². The summed E-state index contributed by atoms with van der Waals surface area (Å²) >= 11 is 0. The Labute approximate surface area is 183 Å². The number of ether oxygens (including phenoxy) is 3. The summed E-state index contributed by atoms with van der Waals surface area (Å²) in [6.07, 6.45) is 0.731. The van der Waals surface area contributed by atoms with Crippen LogP contribution in [0.4, 0.5) is 0 Å². The fraction of sp³-hybridized carbons (Fsp3) is 0.417. The number of amides is 2. The summed E-state index contributed by atoms with van der Waals surface area (Å²) in [6.45, 7) is 1.87. The molecule has 0 bridgehead atoms. The first kappa shape index (κ1) is 22.6. The van der Waals surface area contributed by atoms with Crippen LogP contribution in [0.3, 0.4) is 0 Å². The maximum absolute atomic E-state index is 13.1. The zero-order valence-electron chi connectivity index (χ0n) is 18.3. The Morgan fingerprint density at radius 1 is 1.03 bits per heavy atom. The zero-order valence-corrected chi connectivity index (χ0v) is 18.3. The topological polar surface area (TPSA) is 77.1 Å². The molecule has 0 spiro atoms. The van der Waals surface area contributed by atoms with Crippen LogP contribution in [0.25, 0.3) is 0 Å². The number of hydrogen-bond acceptors (Lipinski definition) is 5. The van der Waals surface area contributed by atoms with E-state index in [1.165, 1.54) is 0 Å². The molecule has 0 aliphatic carbocycles. The highest BCUT2D eigenvalue weighted by molar-refractivity contribution is 5.95. The third-order valence-electron chi connectivity index (χ3n) is 5.63. The molecule has 31 heavy (non-hydrogen) atoms. The lowest BCUT2D eigenvalue weighted by Gasteiger charge is -2.21. The summed E-state index contributed by atoms with van der Waals surface area (Å²) in [6, 6.07) is 14.7. The molecule has 1 fully saturated rings. The molecule has 1 aliphatic heterocycles. The fourth-order valence-electron chi connectivity index (χ4n) is 4.00. The van der Waals surface area contributed by atoms with Crippen LogP contribution in [0, 0.1) is 5.92 Å². The van der Waals surface area contributed by atoms with Gasteiger partial charge in [-0.3, -0.25) is 9.59 Å². The SMILES string of the molecule is COCCCNC(=O)[C@@H]1CN(C(=O)c2ccccc2)C[C@H]1c1cc(OC)ccc1OC. The van der Waals surface area contributed by atoms with Gasteiger partial charge in [-0.05, 0) is 36.8 Å². The molecule has 1 aliphatic rings. The van der Waals surface area contributed by atoms with Crippen LogP contribution in [0.2, 0.25) is 0 Å². The van der Waals surface area contributed by atoms with Gasteiger partial charge in [0.25, 0.3) is 5.91 Å². The molecule has 0 saturated carbocycles. The van der Waals surface area contributed by atoms with Crippen LogP contribution in [0.15, 0.2) is 48.5 Å². The number of carbonyl (C=O) groups excluding carboxylic acids is 2. The summed E-state index contributed by atoms with van der Waals surface area (Å²) in [5.74, 6) is 0.604. The standard InChI is InChI=1S/C24H30N2O5/c1-29-13-7-12-25-23(27)21-16-26(24(28)17-8-5-4-6-9-17)15-20(21)19-14-18(30-2)10-11-22(19)31-3/h4-6,8-11,14,20-21H,7,12-13,15-16H2,1-3H3,(H,25,27)/t20-,21+/m0/s1. The first-order chi connectivity index (χ1) is 15.1. The molecule has 1 saturated heterocycles. The van der Waals surface area contributed by atoms with Crippen molar-refractivity contribution in [1.82, 2.24) is 10.2 Å². The Hall–Kier alpha value is -3.06. The van der Waals surface area contributed by atoms with Crippen LogP contribution >= 0.6 is 0 Å². The summed E-state index contributed by atoms with van der Waals surface area (Å²) in [7, 11) is 4.84. The minimum absolute atomic E-state index is 0.0747. The first-order valence-corrected chi connectivity index (χ1v) is 10.4. The number of methoxy groups -OCH3 is 3. The van der Waals surface area contributed by atoms with E-state index in [4.69, 9.17) is 14.2 Å². The number of nitrogens with one attached hydrogen (secondary N) is 1. The predicted octanol–water partition coefficient (Wildman–Crippen LogP) is 2.71. The van der Waals surface area contributed by atoms with Crippen molar-refractivity contribution in [2.45, 2.75) is 12.3 Å². The van der Waals surface area contributed by atoms with Crippen molar-refractivity contribution in [1.29, 1.82) is 0 Å². The Bertz CT molecular complexity index is 887. The molecule has 1 N–H and O–H groups in total. The van der Waals surface area contributed by atoms with Gasteiger partial charge in [0.05, 0.1) is 20.1 Å². The largest absolute Gasteiger partial charge is 0.497 e. The molecule has 0 unspecified atom stereocenters. The minimum atomic E-state index is -0.392. The van der Waals surface area contributed by atoms with Gasteiger partial charge in [0.15, 0.2) is 0 Å². The molecular formula is C24H30N2O5. The second kappa shape index (κ2) is 10.8. The van der Waals surface area contributed by atoms with E-state index in [1.54, 1.807) is 38.4 Å². The second-order valence-corrected chi connectivity index (χ2v) is 7.53. The van der Waals surface area contributed by atoms with E-state index >= 15 is 0 Å². The van der Waals surface area contributed by atoms with Gasteiger partial charge >= 0.3 is 0 Å². The minimum Gasteiger partial charge on any atom is -0.497 e. The molecule has 3 rings (SSSR count). The van der Waals surface area contributed by atoms with Gasteiger partial charge in [-0.25, -0.2) is 0 Å². The predicted molar refractivity (Wildman–Crippen MR) is 118 cm³/mol. The first-order valence-electron chi connectivity index (χ1n) is 10.4. The maximum Gasteiger partial charge on any atom is 0.253 e. The third kappa shape index (κ3) is 5.35. The number of benzene rings is 2. The van der Waals surface area contributed by atoms with Gasteiger partial charge in [-0.1, -0.05) is 18.2 Å². The summed E-state index contributed by atoms with van der Waals surface area (Å²) in [5, 5.41) is 3.00. The second-order valence-electron chi connectivity index (χ2n) is 7.53. The normalized spacial score (nSPS) is 18.0. The van der Waals surface area contributed by atoms with E-state index in [1.807, 2.05) is 36.4 Å². The molecule has 7 nitrogen and oxygen atoms in total. The van der Waals surface area contributed by atoms with Crippen molar-refractivity contribution in [2.24, 2.45) is 5.92 Å². The van der Waals surface area contributed by atoms with Crippen LogP contribution in [0.1, 0.15) is 28.3 Å². The van der Waals surface area contributed by atoms with Gasteiger partial charge in [-0.2, -0.15) is 0 Å². The van der Waals surface area contributed by atoms with Crippen molar-refractivity contribution in [3.63, 3.8) is 0 Å². The van der Waals surface area contributed by atoms with Crippen LogP contribution < -0.4 is 14.8 Å². The lowest BCUT2D eigenvalue weighted by Crippen LogP contribution is -2.36. The number of likely N-dealkylation sites (tertiary alicyclic amines) is 1. The molecule has 2 amide bonds. The number of hydrogen-bond donors (Lipinski definition) is 1. The molecule has 0 radical (unpaired) electrons. The summed E-state index contributed by atoms with van der Waals surface area (Å²) < 4.78 is 16.0. The highest BCUT2D eigenvalue weighted by Crippen LogP contribution is 2.40. The monoisotopic (exact) mass is 426 g/mol. The van der Waals surface area contributed by atoms with Crippen molar-refractivity contribution in [3.8, 4) is 11.5 Å². The molecule has 2 aromatic rings. The van der Waals surface area contributed by atoms with Gasteiger partial charge in [0, 0.05) is 50.4 Å². The lowest BCUT2D eigenvalue weighted by molar-refractivity contribution is -0.125. The van der Waals surface area contributed by atoms with E-state index in [-0.39, 0.29) is 17.7 Å². The smallest absolute Gasteiger partial charge is 0.253 e. The average molecular weight is 427 g/mol. The van der Waals surface area contributed by atoms with E-state index < -0.39 is 5.92 Å². The van der Waals surface area contributed by atoms with Gasteiger partial charge in [-0.15, -0.1) is 0 Å². The van der Waals surface area contributed by atoms with Crippen molar-refractivity contribution in [3.05, 3.63) is 59.7 Å². The highest BCUT2D eigenvalue weighted by Gasteiger charge is 2.41. The molecule has 1 heterocycles. The Morgan fingerprint density at radius 2 is 1.81 bits per heavy atom. The molecular weight excluding hydrogens is 396 g/mol. The Morgan fingerprint density at radius 3 is 2.48 bits per heavy atom.